The van der Waals surface area contributed by atoms with Gasteiger partial charge in [0.25, 0.3) is 0 Å². The van der Waals surface area contributed by atoms with Crippen molar-refractivity contribution in [3.63, 3.8) is 0 Å². The van der Waals surface area contributed by atoms with Crippen molar-refractivity contribution >= 4 is 17.2 Å². The first kappa shape index (κ1) is 17.8. The highest BCUT2D eigenvalue weighted by Gasteiger charge is 2.30. The summed E-state index contributed by atoms with van der Waals surface area (Å²) < 4.78 is 52.4. The predicted octanol–water partition coefficient (Wildman–Crippen LogP) is 4.67. The minimum Gasteiger partial charge on any atom is -0.265 e. The monoisotopic (exact) mass is 384 g/mol. The number of nitrogens with zero attached hydrogens (tertiary/aromatic N) is 3. The molecular weight excluding hydrogens is 372 g/mol. The molecule has 0 amide bonds. The zero-order chi connectivity index (χ0) is 19.7. The molecule has 3 aromatic rings. The zero-order valence-electron chi connectivity index (χ0n) is 14.2. The number of aliphatic imine (C=N–C) groups is 1. The number of aromatic nitrogens is 1. The Morgan fingerprint density at radius 3 is 2.21 bits per heavy atom. The lowest BCUT2D eigenvalue weighted by Gasteiger charge is -2.10. The van der Waals surface area contributed by atoms with Gasteiger partial charge in [-0.05, 0) is 42.5 Å². The second kappa shape index (κ2) is 6.88. The van der Waals surface area contributed by atoms with Crippen LogP contribution in [0.3, 0.4) is 0 Å². The number of amidine groups is 1. The molecule has 0 radical (unpaired) electrons. The summed E-state index contributed by atoms with van der Waals surface area (Å²) in [5.41, 5.74) is 4.26. The molecule has 0 aliphatic carbocycles. The third kappa shape index (κ3) is 3.48. The van der Waals surface area contributed by atoms with Gasteiger partial charge in [-0.25, -0.2) is 9.38 Å². The summed E-state index contributed by atoms with van der Waals surface area (Å²) in [7, 11) is 0. The van der Waals surface area contributed by atoms with Crippen LogP contribution in [0.4, 0.5) is 23.2 Å². The third-order valence-electron chi connectivity index (χ3n) is 4.16. The molecule has 28 heavy (non-hydrogen) atoms. The molecule has 140 valence electrons. The van der Waals surface area contributed by atoms with Crippen LogP contribution in [-0.2, 0) is 6.18 Å². The Morgan fingerprint density at radius 2 is 1.54 bits per heavy atom. The molecule has 0 atom stereocenters. The van der Waals surface area contributed by atoms with E-state index >= 15 is 0 Å². The molecular formula is C20H12F4N4. The van der Waals surface area contributed by atoms with Crippen LogP contribution < -0.4 is 5.43 Å². The molecule has 2 heterocycles. The van der Waals surface area contributed by atoms with E-state index in [9.17, 15) is 17.6 Å². The first-order valence-electron chi connectivity index (χ1n) is 8.22. The molecule has 8 heteroatoms. The van der Waals surface area contributed by atoms with E-state index in [0.717, 1.165) is 12.1 Å². The summed E-state index contributed by atoms with van der Waals surface area (Å²) in [5, 5.41) is 4.29. The summed E-state index contributed by atoms with van der Waals surface area (Å²) in [6, 6.07) is 12.0. The number of benzene rings is 2. The molecule has 4 rings (SSSR count). The van der Waals surface area contributed by atoms with Crippen molar-refractivity contribution in [3.8, 4) is 0 Å². The van der Waals surface area contributed by atoms with Gasteiger partial charge < -0.3 is 0 Å². The second-order valence-corrected chi connectivity index (χ2v) is 6.01. The zero-order valence-corrected chi connectivity index (χ0v) is 14.2. The maximum absolute atomic E-state index is 13.9. The van der Waals surface area contributed by atoms with Crippen LogP contribution in [-0.4, -0.2) is 16.5 Å². The van der Waals surface area contributed by atoms with Gasteiger partial charge in [0.1, 0.15) is 11.5 Å². The highest BCUT2D eigenvalue weighted by atomic mass is 19.4. The van der Waals surface area contributed by atoms with E-state index in [-0.39, 0.29) is 5.71 Å². The topological polar surface area (TPSA) is 49.6 Å². The Hall–Kier alpha value is -3.55. The summed E-state index contributed by atoms with van der Waals surface area (Å²) in [6.45, 7) is 0. The Balaban J connectivity index is 1.81. The minimum absolute atomic E-state index is 0.288. The van der Waals surface area contributed by atoms with Crippen molar-refractivity contribution < 1.29 is 17.6 Å². The van der Waals surface area contributed by atoms with Crippen LogP contribution in [0.5, 0.6) is 0 Å². The molecule has 2 aromatic carbocycles. The first-order valence-corrected chi connectivity index (χ1v) is 8.22. The molecule has 0 saturated carbocycles. The first-order chi connectivity index (χ1) is 13.4. The highest BCUT2D eigenvalue weighted by Crippen LogP contribution is 2.31. The van der Waals surface area contributed by atoms with E-state index in [0.29, 0.717) is 28.2 Å². The SMILES string of the molecule is Fc1ccc2c(c1)C(c1ccc(C(F)(F)F)cc1)=NNC(c1ccncc1)=N2. The molecule has 0 saturated heterocycles. The van der Waals surface area contributed by atoms with E-state index in [1.165, 1.54) is 30.3 Å². The van der Waals surface area contributed by atoms with Gasteiger partial charge in [0.05, 0.1) is 11.3 Å². The van der Waals surface area contributed by atoms with Crippen molar-refractivity contribution in [2.45, 2.75) is 6.18 Å². The Bertz CT molecular complexity index is 1070. The van der Waals surface area contributed by atoms with Crippen LogP contribution in [0.1, 0.15) is 22.3 Å². The average Bonchev–Trinajstić information content (AvgIpc) is 2.87. The number of hydrazone groups is 1. The number of halogens is 4. The van der Waals surface area contributed by atoms with Crippen LogP contribution >= 0.6 is 0 Å². The van der Waals surface area contributed by atoms with Gasteiger partial charge in [-0.3, -0.25) is 10.4 Å². The molecule has 0 unspecified atom stereocenters. The van der Waals surface area contributed by atoms with Crippen molar-refractivity contribution in [1.29, 1.82) is 0 Å². The molecule has 1 aliphatic heterocycles. The Kier molecular flexibility index (Phi) is 4.38. The number of fused-ring (bicyclic) bond motifs is 1. The van der Waals surface area contributed by atoms with Gasteiger partial charge in [-0.1, -0.05) is 12.1 Å². The number of rotatable bonds is 2. The predicted molar refractivity (Wildman–Crippen MR) is 97.1 cm³/mol. The van der Waals surface area contributed by atoms with E-state index in [2.05, 4.69) is 20.5 Å². The third-order valence-corrected chi connectivity index (χ3v) is 4.16. The summed E-state index contributed by atoms with van der Waals surface area (Å²) in [6.07, 6.45) is -1.25. The molecule has 0 bridgehead atoms. The van der Waals surface area contributed by atoms with Crippen molar-refractivity contribution in [2.24, 2.45) is 10.1 Å². The fourth-order valence-corrected chi connectivity index (χ4v) is 2.79. The summed E-state index contributed by atoms with van der Waals surface area (Å²) in [4.78, 5) is 8.45. The van der Waals surface area contributed by atoms with Gasteiger partial charge in [0, 0.05) is 29.1 Å². The maximum atomic E-state index is 13.9. The van der Waals surface area contributed by atoms with Crippen LogP contribution in [0.25, 0.3) is 0 Å². The van der Waals surface area contributed by atoms with Crippen molar-refractivity contribution in [3.05, 3.63) is 95.1 Å². The largest absolute Gasteiger partial charge is 0.416 e. The lowest BCUT2D eigenvalue weighted by molar-refractivity contribution is -0.137. The van der Waals surface area contributed by atoms with Gasteiger partial charge >= 0.3 is 6.18 Å². The number of nitrogens with one attached hydrogen (secondary N) is 1. The van der Waals surface area contributed by atoms with Gasteiger partial charge in [-0.2, -0.15) is 18.3 Å². The van der Waals surface area contributed by atoms with Crippen LogP contribution in [0.2, 0.25) is 0 Å². The number of pyridine rings is 1. The van der Waals surface area contributed by atoms with Crippen LogP contribution in [0, 0.1) is 5.82 Å². The molecule has 4 nitrogen and oxygen atoms in total. The van der Waals surface area contributed by atoms with E-state index in [1.54, 1.807) is 24.5 Å². The fourth-order valence-electron chi connectivity index (χ4n) is 2.79. The molecule has 1 aromatic heterocycles. The van der Waals surface area contributed by atoms with Crippen molar-refractivity contribution in [1.82, 2.24) is 10.4 Å². The fraction of sp³-hybridized carbons (Fsp3) is 0.0500. The number of hydrogen-bond acceptors (Lipinski definition) is 4. The van der Waals surface area contributed by atoms with E-state index in [4.69, 9.17) is 0 Å². The quantitative estimate of drug-likeness (QED) is 0.653. The van der Waals surface area contributed by atoms with E-state index in [1.807, 2.05) is 0 Å². The van der Waals surface area contributed by atoms with Gasteiger partial charge in [0.15, 0.2) is 5.84 Å². The Morgan fingerprint density at radius 1 is 0.821 bits per heavy atom. The smallest absolute Gasteiger partial charge is 0.265 e. The summed E-state index contributed by atoms with van der Waals surface area (Å²) in [5.74, 6) is -0.0851. The average molecular weight is 384 g/mol. The van der Waals surface area contributed by atoms with E-state index < -0.39 is 17.6 Å². The highest BCUT2D eigenvalue weighted by molar-refractivity contribution is 6.17. The standard InChI is InChI=1S/C20H12F4N4/c21-15-5-6-17-16(11-15)18(12-1-3-14(4-2-12)20(22,23)24)27-28-19(26-17)13-7-9-25-10-8-13/h1-11H,(H,26,28). The second-order valence-electron chi connectivity index (χ2n) is 6.01. The van der Waals surface area contributed by atoms with Gasteiger partial charge in [-0.15, -0.1) is 0 Å². The lowest BCUT2D eigenvalue weighted by atomic mass is 9.99. The molecule has 0 spiro atoms. The summed E-state index contributed by atoms with van der Waals surface area (Å²) >= 11 is 0. The molecule has 0 fully saturated rings. The minimum atomic E-state index is -4.44. The maximum Gasteiger partial charge on any atom is 0.416 e. The van der Waals surface area contributed by atoms with Crippen LogP contribution in [0.15, 0.2) is 77.1 Å². The Labute approximate surface area is 157 Å². The number of hydrogen-bond donors (Lipinski definition) is 1. The van der Waals surface area contributed by atoms with Crippen molar-refractivity contribution in [2.75, 3.05) is 0 Å². The molecule has 1 N–H and O–H groups in total. The lowest BCUT2D eigenvalue weighted by Crippen LogP contribution is -2.19. The number of alkyl halides is 3. The normalized spacial score (nSPS) is 13.7. The van der Waals surface area contributed by atoms with Gasteiger partial charge in [0.2, 0.25) is 0 Å². The molecule has 1 aliphatic rings.